The van der Waals surface area contributed by atoms with Gasteiger partial charge in [-0.1, -0.05) is 0 Å². The number of halogens is 1. The third-order valence-electron chi connectivity index (χ3n) is 3.56. The molecule has 0 unspecified atom stereocenters. The van der Waals surface area contributed by atoms with Crippen molar-refractivity contribution in [3.8, 4) is 0 Å². The number of carbonyl (C=O) groups is 2. The van der Waals surface area contributed by atoms with Gasteiger partial charge in [0, 0.05) is 32.1 Å². The minimum atomic E-state index is -0.0179. The minimum absolute atomic E-state index is 0.0179. The van der Waals surface area contributed by atoms with Gasteiger partial charge in [-0.3, -0.25) is 9.59 Å². The summed E-state index contributed by atoms with van der Waals surface area (Å²) >= 11 is 5.58. The molecule has 0 aromatic heterocycles. The van der Waals surface area contributed by atoms with Crippen molar-refractivity contribution in [2.45, 2.75) is 44.7 Å². The van der Waals surface area contributed by atoms with Crippen molar-refractivity contribution in [3.05, 3.63) is 0 Å². The zero-order valence-electron chi connectivity index (χ0n) is 10.2. The van der Waals surface area contributed by atoms with Crippen LogP contribution in [-0.2, 0) is 9.59 Å². The van der Waals surface area contributed by atoms with Crippen LogP contribution in [0.5, 0.6) is 0 Å². The molecule has 17 heavy (non-hydrogen) atoms. The molecule has 1 saturated carbocycles. The van der Waals surface area contributed by atoms with Crippen molar-refractivity contribution >= 4 is 23.4 Å². The maximum absolute atomic E-state index is 11.7. The van der Waals surface area contributed by atoms with E-state index in [-0.39, 0.29) is 23.7 Å². The van der Waals surface area contributed by atoms with E-state index < -0.39 is 0 Å². The molecule has 2 fully saturated rings. The monoisotopic (exact) mass is 258 g/mol. The Morgan fingerprint density at radius 1 is 1.29 bits per heavy atom. The molecular formula is C12H19ClN2O2. The summed E-state index contributed by atoms with van der Waals surface area (Å²) < 4.78 is 0. The first kappa shape index (κ1) is 12.7. The summed E-state index contributed by atoms with van der Waals surface area (Å²) in [5.74, 6) is 0.157. The van der Waals surface area contributed by atoms with Crippen LogP contribution in [0, 0.1) is 0 Å². The lowest BCUT2D eigenvalue weighted by molar-refractivity contribution is -0.137. The summed E-state index contributed by atoms with van der Waals surface area (Å²) in [5.41, 5.74) is 0. The van der Waals surface area contributed by atoms with Gasteiger partial charge in [-0.25, -0.2) is 0 Å². The van der Waals surface area contributed by atoms with Crippen molar-refractivity contribution in [1.29, 1.82) is 0 Å². The maximum atomic E-state index is 11.7. The number of likely N-dealkylation sites (tertiary alicyclic amines) is 1. The van der Waals surface area contributed by atoms with Gasteiger partial charge in [-0.2, -0.15) is 0 Å². The van der Waals surface area contributed by atoms with Crippen LogP contribution in [0.1, 0.15) is 32.6 Å². The smallest absolute Gasteiger partial charge is 0.237 e. The van der Waals surface area contributed by atoms with Gasteiger partial charge in [0.05, 0.1) is 0 Å². The Balaban J connectivity index is 2.00. The molecule has 1 atom stereocenters. The Hall–Kier alpha value is -0.770. The lowest BCUT2D eigenvalue weighted by Crippen LogP contribution is -2.52. The van der Waals surface area contributed by atoms with E-state index in [1.54, 1.807) is 11.8 Å². The molecule has 0 spiro atoms. The molecule has 0 bridgehead atoms. The maximum Gasteiger partial charge on any atom is 0.237 e. The number of hydrogen-bond donors (Lipinski definition) is 0. The largest absolute Gasteiger partial charge is 0.340 e. The summed E-state index contributed by atoms with van der Waals surface area (Å²) in [6, 6.07) is 0.615. The fourth-order valence-electron chi connectivity index (χ4n) is 2.66. The van der Waals surface area contributed by atoms with Crippen molar-refractivity contribution < 1.29 is 9.59 Å². The molecule has 96 valence electrons. The van der Waals surface area contributed by atoms with Crippen LogP contribution in [0.4, 0.5) is 0 Å². The molecule has 1 aliphatic heterocycles. The highest BCUT2D eigenvalue weighted by atomic mass is 35.5. The van der Waals surface area contributed by atoms with Crippen molar-refractivity contribution in [3.63, 3.8) is 0 Å². The Morgan fingerprint density at radius 2 is 2.00 bits per heavy atom. The average Bonchev–Trinajstić information content (AvgIpc) is 3.12. The summed E-state index contributed by atoms with van der Waals surface area (Å²) in [5, 5.41) is 0. The van der Waals surface area contributed by atoms with Crippen LogP contribution in [0.3, 0.4) is 0 Å². The number of carbonyl (C=O) groups excluding carboxylic acids is 2. The molecule has 1 aliphatic carbocycles. The lowest BCUT2D eigenvalue weighted by Gasteiger charge is -2.39. The highest BCUT2D eigenvalue weighted by molar-refractivity contribution is 6.27. The quantitative estimate of drug-likeness (QED) is 0.715. The van der Waals surface area contributed by atoms with E-state index in [9.17, 15) is 9.59 Å². The molecule has 2 amide bonds. The van der Waals surface area contributed by atoms with Crippen LogP contribution in [0.2, 0.25) is 0 Å². The van der Waals surface area contributed by atoms with Gasteiger partial charge >= 0.3 is 0 Å². The molecule has 4 nitrogen and oxygen atoms in total. The van der Waals surface area contributed by atoms with E-state index in [2.05, 4.69) is 0 Å². The van der Waals surface area contributed by atoms with E-state index in [1.165, 1.54) is 0 Å². The first-order valence-electron chi connectivity index (χ1n) is 6.26. The fraction of sp³-hybridized carbons (Fsp3) is 0.833. The van der Waals surface area contributed by atoms with Crippen LogP contribution >= 0.6 is 11.6 Å². The molecule has 0 N–H and O–H groups in total. The van der Waals surface area contributed by atoms with E-state index >= 15 is 0 Å². The number of nitrogens with zero attached hydrogens (tertiary/aromatic N) is 2. The average molecular weight is 259 g/mol. The standard InChI is InChI=1S/C12H19ClN2O2/c1-9(16)15(10-4-5-10)11-3-2-6-14(8-11)12(17)7-13/h10-11H,2-8H2,1H3/t11-/m1/s1. The SMILES string of the molecule is CC(=O)N(C1CC1)[C@@H]1CCCN(C(=O)CCl)C1. The van der Waals surface area contributed by atoms with Crippen molar-refractivity contribution in [1.82, 2.24) is 9.80 Å². The highest BCUT2D eigenvalue weighted by Crippen LogP contribution is 2.31. The topological polar surface area (TPSA) is 40.6 Å². The Labute approximate surface area is 107 Å². The van der Waals surface area contributed by atoms with E-state index in [4.69, 9.17) is 11.6 Å². The van der Waals surface area contributed by atoms with Gasteiger partial charge in [0.15, 0.2) is 0 Å². The van der Waals surface area contributed by atoms with Crippen LogP contribution in [0.25, 0.3) is 0 Å². The van der Waals surface area contributed by atoms with Crippen LogP contribution in [0.15, 0.2) is 0 Å². The lowest BCUT2D eigenvalue weighted by atomic mass is 10.0. The van der Waals surface area contributed by atoms with Crippen LogP contribution < -0.4 is 0 Å². The molecule has 2 rings (SSSR count). The first-order valence-corrected chi connectivity index (χ1v) is 6.79. The number of rotatable bonds is 3. The Bertz CT molecular complexity index is 318. The number of alkyl halides is 1. The van der Waals surface area contributed by atoms with Gasteiger partial charge in [0.1, 0.15) is 5.88 Å². The number of amides is 2. The predicted molar refractivity (Wildman–Crippen MR) is 65.9 cm³/mol. The molecule has 1 saturated heterocycles. The molecule has 0 aromatic carbocycles. The summed E-state index contributed by atoms with van der Waals surface area (Å²) in [4.78, 5) is 27.0. The van der Waals surface area contributed by atoms with E-state index in [0.29, 0.717) is 12.6 Å². The highest BCUT2D eigenvalue weighted by Gasteiger charge is 2.38. The van der Waals surface area contributed by atoms with Crippen molar-refractivity contribution in [2.75, 3.05) is 19.0 Å². The zero-order chi connectivity index (χ0) is 12.4. The first-order chi connectivity index (χ1) is 8.13. The van der Waals surface area contributed by atoms with Gasteiger partial charge in [0.25, 0.3) is 0 Å². The Morgan fingerprint density at radius 3 is 2.53 bits per heavy atom. The second-order valence-electron chi connectivity index (χ2n) is 4.93. The van der Waals surface area contributed by atoms with Gasteiger partial charge in [-0.05, 0) is 25.7 Å². The second-order valence-corrected chi connectivity index (χ2v) is 5.19. The van der Waals surface area contributed by atoms with Gasteiger partial charge < -0.3 is 9.80 Å². The number of piperidine rings is 1. The summed E-state index contributed by atoms with van der Waals surface area (Å²) in [7, 11) is 0. The second kappa shape index (κ2) is 5.25. The van der Waals surface area contributed by atoms with Crippen LogP contribution in [-0.4, -0.2) is 52.7 Å². The zero-order valence-corrected chi connectivity index (χ0v) is 10.9. The Kier molecular flexibility index (Phi) is 3.92. The van der Waals surface area contributed by atoms with E-state index in [1.807, 2.05) is 4.90 Å². The summed E-state index contributed by atoms with van der Waals surface area (Å²) in [6.45, 7) is 3.06. The fourth-order valence-corrected chi connectivity index (χ4v) is 2.83. The minimum Gasteiger partial charge on any atom is -0.340 e. The molecule has 0 aromatic rings. The van der Waals surface area contributed by atoms with Gasteiger partial charge in [-0.15, -0.1) is 11.6 Å². The number of hydrogen-bond acceptors (Lipinski definition) is 2. The third kappa shape index (κ3) is 2.92. The third-order valence-corrected chi connectivity index (χ3v) is 3.79. The molecule has 1 heterocycles. The van der Waals surface area contributed by atoms with E-state index in [0.717, 1.165) is 32.2 Å². The molecule has 0 radical (unpaired) electrons. The van der Waals surface area contributed by atoms with Crippen molar-refractivity contribution in [2.24, 2.45) is 0 Å². The summed E-state index contributed by atoms with van der Waals surface area (Å²) in [6.07, 6.45) is 4.19. The molecule has 5 heteroatoms. The van der Waals surface area contributed by atoms with Gasteiger partial charge in [0.2, 0.25) is 11.8 Å². The predicted octanol–water partition coefficient (Wildman–Crippen LogP) is 1.23. The molecular weight excluding hydrogens is 240 g/mol. The molecule has 2 aliphatic rings. The normalized spacial score (nSPS) is 24.6.